The third-order valence-corrected chi connectivity index (χ3v) is 4.25. The van der Waals surface area contributed by atoms with E-state index in [1.807, 2.05) is 0 Å². The summed E-state index contributed by atoms with van der Waals surface area (Å²) >= 11 is 2.29. The summed E-state index contributed by atoms with van der Waals surface area (Å²) in [6, 6.07) is -1.72. The van der Waals surface area contributed by atoms with Crippen LogP contribution in [-0.2, 0) is 9.59 Å². The molecule has 0 aliphatic heterocycles. The van der Waals surface area contributed by atoms with E-state index in [4.69, 9.17) is 15.9 Å². The van der Waals surface area contributed by atoms with E-state index in [2.05, 4.69) is 19.8 Å². The predicted molar refractivity (Wildman–Crippen MR) is 60.1 cm³/mol. The van der Waals surface area contributed by atoms with Gasteiger partial charge in [-0.1, -0.05) is 0 Å². The van der Waals surface area contributed by atoms with Crippen LogP contribution in [0, 0.1) is 0 Å². The van der Waals surface area contributed by atoms with Crippen molar-refractivity contribution in [1.29, 1.82) is 0 Å². The van der Waals surface area contributed by atoms with Crippen molar-refractivity contribution in [1.82, 2.24) is 0 Å². The normalized spacial score (nSPS) is 14.2. The number of rotatable bonds is 8. The zero-order valence-corrected chi connectivity index (χ0v) is 10.9. The fourth-order valence-corrected chi connectivity index (χ4v) is 3.24. The molecular formula is C6H10N2O4S2Se. The number of carboxylic acids is 2. The first-order valence-electron chi connectivity index (χ1n) is 3.77. The maximum atomic E-state index is 10.5. The SMILES string of the molecule is NC(CSSCC(N=[Se])C(=O)O)C(=O)O. The Morgan fingerprint density at radius 1 is 1.27 bits per heavy atom. The van der Waals surface area contributed by atoms with E-state index in [9.17, 15) is 9.59 Å². The molecule has 0 heterocycles. The van der Waals surface area contributed by atoms with Crippen LogP contribution < -0.4 is 5.73 Å². The fraction of sp³-hybridized carbons (Fsp3) is 0.667. The van der Waals surface area contributed by atoms with Gasteiger partial charge < -0.3 is 0 Å². The van der Waals surface area contributed by atoms with E-state index in [1.54, 1.807) is 0 Å². The summed E-state index contributed by atoms with van der Waals surface area (Å²) in [6.07, 6.45) is 0. The van der Waals surface area contributed by atoms with Gasteiger partial charge >= 0.3 is 102 Å². The van der Waals surface area contributed by atoms with E-state index in [1.165, 1.54) is 21.6 Å². The molecular weight excluding hydrogens is 307 g/mol. The minimum atomic E-state index is -1.06. The molecule has 6 nitrogen and oxygen atoms in total. The summed E-state index contributed by atoms with van der Waals surface area (Å²) in [7, 11) is 2.46. The fourth-order valence-electron chi connectivity index (χ4n) is 0.452. The van der Waals surface area contributed by atoms with Crippen molar-refractivity contribution in [3.05, 3.63) is 0 Å². The van der Waals surface area contributed by atoms with Crippen molar-refractivity contribution >= 4 is 49.3 Å². The average molecular weight is 317 g/mol. The Balaban J connectivity index is 3.66. The molecule has 0 spiro atoms. The zero-order valence-electron chi connectivity index (χ0n) is 7.53. The topological polar surface area (TPSA) is 113 Å². The van der Waals surface area contributed by atoms with Gasteiger partial charge in [0.25, 0.3) is 0 Å². The molecule has 9 heteroatoms. The Bertz CT molecular complexity index is 253. The van der Waals surface area contributed by atoms with Gasteiger partial charge in [0.15, 0.2) is 0 Å². The molecule has 0 fully saturated rings. The zero-order chi connectivity index (χ0) is 11.8. The van der Waals surface area contributed by atoms with Crippen LogP contribution in [0.2, 0.25) is 0 Å². The van der Waals surface area contributed by atoms with E-state index in [-0.39, 0.29) is 11.5 Å². The first kappa shape index (κ1) is 14.9. The van der Waals surface area contributed by atoms with Gasteiger partial charge in [0.05, 0.1) is 0 Å². The van der Waals surface area contributed by atoms with Crippen molar-refractivity contribution < 1.29 is 19.8 Å². The number of hydrogen-bond donors (Lipinski definition) is 3. The molecule has 0 saturated heterocycles. The summed E-state index contributed by atoms with van der Waals surface area (Å²) < 4.78 is 3.53. The number of aliphatic carboxylic acids is 2. The Kier molecular flexibility index (Phi) is 8.07. The molecule has 4 N–H and O–H groups in total. The summed E-state index contributed by atoms with van der Waals surface area (Å²) in [5.74, 6) is -1.56. The van der Waals surface area contributed by atoms with Crippen LogP contribution in [0.3, 0.4) is 0 Å². The van der Waals surface area contributed by atoms with Crippen LogP contribution in [0.15, 0.2) is 3.96 Å². The third-order valence-electron chi connectivity index (χ3n) is 1.29. The van der Waals surface area contributed by atoms with Crippen molar-refractivity contribution in [3.63, 3.8) is 0 Å². The Hall–Kier alpha value is -0.0805. The van der Waals surface area contributed by atoms with Crippen LogP contribution in [-0.4, -0.2) is 61.6 Å². The molecule has 15 heavy (non-hydrogen) atoms. The van der Waals surface area contributed by atoms with E-state index in [0.29, 0.717) is 0 Å². The van der Waals surface area contributed by atoms with Crippen molar-refractivity contribution in [2.24, 2.45) is 9.70 Å². The molecule has 0 rings (SSSR count). The number of hydrogen-bond acceptors (Lipinski definition) is 6. The summed E-state index contributed by atoms with van der Waals surface area (Å²) in [5.41, 5.74) is 5.25. The molecule has 0 bridgehead atoms. The van der Waals surface area contributed by atoms with Gasteiger partial charge in [-0.2, -0.15) is 0 Å². The van der Waals surface area contributed by atoms with Gasteiger partial charge in [0.2, 0.25) is 0 Å². The average Bonchev–Trinajstić information content (AvgIpc) is 2.16. The molecule has 0 amide bonds. The standard InChI is InChI=1S/C6H10N2O4S2Se/c7-3(5(9)10)1-13-14-2-4(8-15)6(11)12/h3-4H,1-2,7H2,(H,9,10)(H,11,12). The van der Waals surface area contributed by atoms with E-state index >= 15 is 0 Å². The number of carboxylic acid groups (broad SMARTS) is 2. The minimum absolute atomic E-state index is 0.236. The molecule has 0 radical (unpaired) electrons. The molecule has 2 atom stereocenters. The Labute approximate surface area is 102 Å². The van der Waals surface area contributed by atoms with Crippen molar-refractivity contribution in [2.45, 2.75) is 12.1 Å². The van der Waals surface area contributed by atoms with Crippen molar-refractivity contribution in [2.75, 3.05) is 11.5 Å². The van der Waals surface area contributed by atoms with Crippen LogP contribution in [0.1, 0.15) is 0 Å². The number of nitrogens with two attached hydrogens (primary N) is 1. The second-order valence-corrected chi connectivity index (χ2v) is 5.47. The van der Waals surface area contributed by atoms with E-state index < -0.39 is 24.0 Å². The summed E-state index contributed by atoms with van der Waals surface area (Å²) in [5, 5.41) is 17.1. The van der Waals surface area contributed by atoms with Crippen LogP contribution in [0.25, 0.3) is 0 Å². The van der Waals surface area contributed by atoms with Gasteiger partial charge in [-0.25, -0.2) is 0 Å². The van der Waals surface area contributed by atoms with Crippen molar-refractivity contribution in [3.8, 4) is 0 Å². The second-order valence-electron chi connectivity index (χ2n) is 2.47. The number of nitrogens with zero attached hydrogens (tertiary/aromatic N) is 1. The first-order chi connectivity index (χ1) is 6.99. The molecule has 0 aromatic heterocycles. The number of carbonyl (C=O) groups is 2. The molecule has 0 aliphatic rings. The van der Waals surface area contributed by atoms with Crippen LogP contribution in [0.4, 0.5) is 0 Å². The maximum absolute atomic E-state index is 10.5. The van der Waals surface area contributed by atoms with Gasteiger partial charge in [-0.05, 0) is 0 Å². The first-order valence-corrected chi connectivity index (χ1v) is 7.02. The van der Waals surface area contributed by atoms with Crippen LogP contribution >= 0.6 is 21.6 Å². The Morgan fingerprint density at radius 3 is 2.20 bits per heavy atom. The third kappa shape index (κ3) is 6.91. The Morgan fingerprint density at radius 2 is 1.80 bits per heavy atom. The van der Waals surface area contributed by atoms with Crippen LogP contribution in [0.5, 0.6) is 0 Å². The van der Waals surface area contributed by atoms with Gasteiger partial charge in [0, 0.05) is 0 Å². The molecule has 0 aliphatic carbocycles. The summed E-state index contributed by atoms with van der Waals surface area (Å²) in [6.45, 7) is 0. The monoisotopic (exact) mass is 318 g/mol. The summed E-state index contributed by atoms with van der Waals surface area (Å²) in [4.78, 5) is 20.8. The second kappa shape index (κ2) is 8.12. The van der Waals surface area contributed by atoms with Gasteiger partial charge in [-0.15, -0.1) is 0 Å². The predicted octanol–water partition coefficient (Wildman–Crippen LogP) is -0.415. The molecule has 0 aromatic rings. The molecule has 0 aromatic carbocycles. The molecule has 2 unspecified atom stereocenters. The van der Waals surface area contributed by atoms with Gasteiger partial charge in [0.1, 0.15) is 0 Å². The van der Waals surface area contributed by atoms with E-state index in [0.717, 1.165) is 0 Å². The quantitative estimate of drug-likeness (QED) is 0.317. The van der Waals surface area contributed by atoms with Gasteiger partial charge in [-0.3, -0.25) is 0 Å². The molecule has 0 saturated carbocycles. The molecule has 86 valence electrons.